The smallest absolute Gasteiger partial charge is 0.307 e. The molecule has 1 aromatic rings. The number of aliphatic carboxylic acids is 1. The van der Waals surface area contributed by atoms with Crippen LogP contribution in [0.2, 0.25) is 0 Å². The number of nitrogens with zero attached hydrogens (tertiary/aromatic N) is 2. The van der Waals surface area contributed by atoms with Gasteiger partial charge in [0.25, 0.3) is 0 Å². The molecule has 0 spiro atoms. The van der Waals surface area contributed by atoms with Gasteiger partial charge in [-0.25, -0.2) is 0 Å². The average molecular weight is 280 g/mol. The summed E-state index contributed by atoms with van der Waals surface area (Å²) < 4.78 is 10.8. The highest BCUT2D eigenvalue weighted by atomic mass is 16.5. The van der Waals surface area contributed by atoms with Crippen LogP contribution in [0.5, 0.6) is 0 Å². The van der Waals surface area contributed by atoms with Gasteiger partial charge in [0.2, 0.25) is 11.7 Å². The molecule has 1 heterocycles. The van der Waals surface area contributed by atoms with Crippen LogP contribution in [0.25, 0.3) is 0 Å². The van der Waals surface area contributed by atoms with E-state index in [0.717, 1.165) is 6.42 Å². The predicted molar refractivity (Wildman–Crippen MR) is 71.2 cm³/mol. The van der Waals surface area contributed by atoms with E-state index in [9.17, 15) is 9.90 Å². The molecule has 0 radical (unpaired) electrons. The maximum absolute atomic E-state index is 11.3. The molecule has 0 bridgehead atoms. The van der Waals surface area contributed by atoms with Gasteiger partial charge in [0.05, 0.1) is 11.8 Å². The summed E-state index contributed by atoms with van der Waals surface area (Å²) in [4.78, 5) is 15.6. The zero-order chi connectivity index (χ0) is 14.5. The number of aromatic nitrogens is 2. The molecule has 1 N–H and O–H groups in total. The van der Waals surface area contributed by atoms with E-state index in [1.54, 1.807) is 0 Å². The van der Waals surface area contributed by atoms with E-state index in [1.807, 2.05) is 26.0 Å². The molecule has 6 heteroatoms. The van der Waals surface area contributed by atoms with Crippen molar-refractivity contribution in [2.75, 3.05) is 6.61 Å². The molecule has 20 heavy (non-hydrogen) atoms. The number of carboxylic acid groups (broad SMARTS) is 1. The number of carbonyl (C=O) groups is 1. The topological polar surface area (TPSA) is 85.5 Å². The number of hydrogen-bond acceptors (Lipinski definition) is 5. The molecule has 0 aromatic carbocycles. The Labute approximate surface area is 117 Å². The minimum Gasteiger partial charge on any atom is -0.481 e. The maximum atomic E-state index is 11.3. The zero-order valence-corrected chi connectivity index (χ0v) is 11.8. The van der Waals surface area contributed by atoms with Crippen LogP contribution >= 0.6 is 0 Å². The molecule has 2 rings (SSSR count). The number of allylic oxidation sites excluding steroid dienone is 2. The lowest BCUT2D eigenvalue weighted by atomic mass is 9.83. The fourth-order valence-electron chi connectivity index (χ4n) is 2.46. The monoisotopic (exact) mass is 280 g/mol. The molecular formula is C14H20N2O4. The van der Waals surface area contributed by atoms with Crippen molar-refractivity contribution in [3.8, 4) is 0 Å². The second kappa shape index (κ2) is 6.65. The summed E-state index contributed by atoms with van der Waals surface area (Å²) in [5, 5.41) is 13.2. The Bertz CT molecular complexity index is 483. The van der Waals surface area contributed by atoms with E-state index in [0.29, 0.717) is 31.2 Å². The average Bonchev–Trinajstić information content (AvgIpc) is 2.94. The molecule has 0 fully saturated rings. The third kappa shape index (κ3) is 3.07. The summed E-state index contributed by atoms with van der Waals surface area (Å²) in [7, 11) is 0. The molecule has 6 nitrogen and oxygen atoms in total. The van der Waals surface area contributed by atoms with Gasteiger partial charge >= 0.3 is 5.97 Å². The quantitative estimate of drug-likeness (QED) is 0.806. The van der Waals surface area contributed by atoms with Crippen molar-refractivity contribution in [2.45, 2.75) is 45.1 Å². The van der Waals surface area contributed by atoms with Crippen molar-refractivity contribution in [1.29, 1.82) is 0 Å². The molecule has 0 saturated carbocycles. The SMILES string of the molecule is CCOC(CC)c1noc([C@@H]2CC=CC[C@@H]2C(=O)O)n1. The van der Waals surface area contributed by atoms with Gasteiger partial charge in [0.1, 0.15) is 6.10 Å². The highest BCUT2D eigenvalue weighted by molar-refractivity contribution is 5.71. The van der Waals surface area contributed by atoms with Crippen molar-refractivity contribution in [2.24, 2.45) is 5.92 Å². The standard InChI is InChI=1S/C14H20N2O4/c1-3-11(19-4-2)12-15-13(20-16-12)9-7-5-6-8-10(9)14(17)18/h5-6,9-11H,3-4,7-8H2,1-2H3,(H,17,18)/t9-,10+,11?/m1/s1. The Balaban J connectivity index is 2.18. The van der Waals surface area contributed by atoms with E-state index in [1.165, 1.54) is 0 Å². The first-order chi connectivity index (χ1) is 9.67. The minimum atomic E-state index is -0.823. The Morgan fingerprint density at radius 2 is 2.25 bits per heavy atom. The fourth-order valence-corrected chi connectivity index (χ4v) is 2.46. The Morgan fingerprint density at radius 1 is 1.50 bits per heavy atom. The van der Waals surface area contributed by atoms with Gasteiger partial charge < -0.3 is 14.4 Å². The van der Waals surface area contributed by atoms with E-state index >= 15 is 0 Å². The first kappa shape index (κ1) is 14.7. The van der Waals surface area contributed by atoms with Crippen molar-refractivity contribution in [3.63, 3.8) is 0 Å². The second-order valence-corrected chi connectivity index (χ2v) is 4.84. The minimum absolute atomic E-state index is 0.195. The highest BCUT2D eigenvalue weighted by Crippen LogP contribution is 2.34. The van der Waals surface area contributed by atoms with E-state index in [-0.39, 0.29) is 12.0 Å². The number of carboxylic acids is 1. The normalized spacial score (nSPS) is 23.7. The first-order valence-electron chi connectivity index (χ1n) is 7.00. The van der Waals surface area contributed by atoms with Crippen molar-refractivity contribution in [1.82, 2.24) is 10.1 Å². The fraction of sp³-hybridized carbons (Fsp3) is 0.643. The zero-order valence-electron chi connectivity index (χ0n) is 11.8. The summed E-state index contributed by atoms with van der Waals surface area (Å²) in [6.07, 6.45) is 5.53. The molecule has 0 saturated heterocycles. The molecule has 0 aliphatic heterocycles. The Kier molecular flexibility index (Phi) is 4.89. The number of ether oxygens (including phenoxy) is 1. The first-order valence-corrected chi connectivity index (χ1v) is 7.00. The Hall–Kier alpha value is -1.69. The van der Waals surface area contributed by atoms with Crippen LogP contribution in [-0.2, 0) is 9.53 Å². The summed E-state index contributed by atoms with van der Waals surface area (Å²) in [5.41, 5.74) is 0. The lowest BCUT2D eigenvalue weighted by Gasteiger charge is -2.21. The molecule has 110 valence electrons. The van der Waals surface area contributed by atoms with Crippen LogP contribution in [0.1, 0.15) is 56.8 Å². The molecule has 1 unspecified atom stereocenters. The van der Waals surface area contributed by atoms with Crippen LogP contribution in [0.3, 0.4) is 0 Å². The molecule has 1 aromatic heterocycles. The van der Waals surface area contributed by atoms with Crippen LogP contribution < -0.4 is 0 Å². The van der Waals surface area contributed by atoms with E-state index in [4.69, 9.17) is 9.26 Å². The predicted octanol–water partition coefficient (Wildman–Crippen LogP) is 2.69. The molecular weight excluding hydrogens is 260 g/mol. The van der Waals surface area contributed by atoms with Crippen LogP contribution in [0.15, 0.2) is 16.7 Å². The van der Waals surface area contributed by atoms with Crippen molar-refractivity contribution >= 4 is 5.97 Å². The van der Waals surface area contributed by atoms with Gasteiger partial charge in [-0.15, -0.1) is 0 Å². The third-order valence-electron chi connectivity index (χ3n) is 3.55. The van der Waals surface area contributed by atoms with E-state index in [2.05, 4.69) is 10.1 Å². The lowest BCUT2D eigenvalue weighted by molar-refractivity contribution is -0.142. The van der Waals surface area contributed by atoms with Gasteiger partial charge in [0.15, 0.2) is 0 Å². The highest BCUT2D eigenvalue weighted by Gasteiger charge is 2.34. The van der Waals surface area contributed by atoms with Crippen LogP contribution in [-0.4, -0.2) is 27.8 Å². The van der Waals surface area contributed by atoms with Crippen LogP contribution in [0.4, 0.5) is 0 Å². The molecule has 1 aliphatic carbocycles. The van der Waals surface area contributed by atoms with Gasteiger partial charge in [-0.1, -0.05) is 24.2 Å². The third-order valence-corrected chi connectivity index (χ3v) is 3.55. The Morgan fingerprint density at radius 3 is 2.90 bits per heavy atom. The maximum Gasteiger partial charge on any atom is 0.307 e. The second-order valence-electron chi connectivity index (χ2n) is 4.84. The van der Waals surface area contributed by atoms with Crippen molar-refractivity contribution < 1.29 is 19.2 Å². The number of rotatable bonds is 6. The summed E-state index contributed by atoms with van der Waals surface area (Å²) >= 11 is 0. The molecule has 0 amide bonds. The summed E-state index contributed by atoms with van der Waals surface area (Å²) in [5.74, 6) is -0.674. The molecule has 1 aliphatic rings. The summed E-state index contributed by atoms with van der Waals surface area (Å²) in [6, 6.07) is 0. The van der Waals surface area contributed by atoms with Crippen LogP contribution in [0, 0.1) is 5.92 Å². The van der Waals surface area contributed by atoms with Gasteiger partial charge in [-0.2, -0.15) is 4.98 Å². The summed E-state index contributed by atoms with van der Waals surface area (Å²) in [6.45, 7) is 4.47. The lowest BCUT2D eigenvalue weighted by Crippen LogP contribution is -2.23. The molecule has 3 atom stereocenters. The van der Waals surface area contributed by atoms with Gasteiger partial charge in [-0.05, 0) is 26.2 Å². The van der Waals surface area contributed by atoms with Crippen molar-refractivity contribution in [3.05, 3.63) is 23.9 Å². The van der Waals surface area contributed by atoms with Gasteiger partial charge in [0, 0.05) is 6.61 Å². The number of hydrogen-bond donors (Lipinski definition) is 1. The van der Waals surface area contributed by atoms with E-state index < -0.39 is 11.9 Å². The van der Waals surface area contributed by atoms with Gasteiger partial charge in [-0.3, -0.25) is 4.79 Å². The largest absolute Gasteiger partial charge is 0.481 e.